The molecule has 0 heterocycles. The van der Waals surface area contributed by atoms with Gasteiger partial charge >= 0.3 is 0 Å². The zero-order chi connectivity index (χ0) is 14.2. The van der Waals surface area contributed by atoms with Gasteiger partial charge in [0.2, 0.25) is 0 Å². The molecule has 108 valence electrons. The summed E-state index contributed by atoms with van der Waals surface area (Å²) < 4.78 is 15.9. The summed E-state index contributed by atoms with van der Waals surface area (Å²) in [7, 11) is 1.66. The molecule has 0 saturated carbocycles. The second-order valence-electron chi connectivity index (χ2n) is 4.84. The lowest BCUT2D eigenvalue weighted by atomic mass is 10.0. The van der Waals surface area contributed by atoms with Crippen molar-refractivity contribution in [1.82, 2.24) is 0 Å². The summed E-state index contributed by atoms with van der Waals surface area (Å²) in [6.07, 6.45) is 1.01. The van der Waals surface area contributed by atoms with Crippen LogP contribution in [0.3, 0.4) is 0 Å². The summed E-state index contributed by atoms with van der Waals surface area (Å²) in [5.41, 5.74) is 1.31. The van der Waals surface area contributed by atoms with Gasteiger partial charge in [-0.3, -0.25) is 0 Å². The van der Waals surface area contributed by atoms with Gasteiger partial charge in [0.25, 0.3) is 0 Å². The van der Waals surface area contributed by atoms with Crippen molar-refractivity contribution in [3.8, 4) is 0 Å². The quantitative estimate of drug-likeness (QED) is 0.545. The fourth-order valence-electron chi connectivity index (χ4n) is 2.20. The summed E-state index contributed by atoms with van der Waals surface area (Å²) in [6.45, 7) is 3.55. The lowest BCUT2D eigenvalue weighted by molar-refractivity contribution is -0.0918. The molecule has 2 aromatic rings. The second kappa shape index (κ2) is 8.00. The van der Waals surface area contributed by atoms with Crippen LogP contribution < -0.4 is 0 Å². The van der Waals surface area contributed by atoms with E-state index >= 15 is 0 Å². The van der Waals surface area contributed by atoms with E-state index in [1.807, 2.05) is 0 Å². The van der Waals surface area contributed by atoms with Gasteiger partial charge in [0.15, 0.2) is 0 Å². The molecule has 0 aromatic heterocycles. The number of hydrogen-bond acceptors (Lipinski definition) is 3. The van der Waals surface area contributed by atoms with Gasteiger partial charge in [-0.15, -0.1) is 0 Å². The van der Waals surface area contributed by atoms with Crippen LogP contribution in [0.2, 0.25) is 0 Å². The third kappa shape index (κ3) is 4.30. The van der Waals surface area contributed by atoms with Crippen LogP contribution in [0.4, 0.5) is 0 Å². The van der Waals surface area contributed by atoms with Gasteiger partial charge in [0.05, 0.1) is 19.3 Å². The Kier molecular flexibility index (Phi) is 5.99. The van der Waals surface area contributed by atoms with E-state index in [4.69, 9.17) is 14.2 Å². The van der Waals surface area contributed by atoms with E-state index in [-0.39, 0.29) is 6.10 Å². The SMILES string of the molecule is COCCOCOC(C)Cc1cccc2ccccc12. The fourth-order valence-corrected chi connectivity index (χ4v) is 2.20. The molecule has 20 heavy (non-hydrogen) atoms. The first-order chi connectivity index (χ1) is 9.81. The lowest BCUT2D eigenvalue weighted by Crippen LogP contribution is -2.15. The molecule has 2 aromatic carbocycles. The van der Waals surface area contributed by atoms with E-state index in [1.165, 1.54) is 16.3 Å². The molecule has 0 saturated heterocycles. The van der Waals surface area contributed by atoms with E-state index in [1.54, 1.807) is 7.11 Å². The zero-order valence-corrected chi connectivity index (χ0v) is 12.2. The minimum Gasteiger partial charge on any atom is -0.382 e. The van der Waals surface area contributed by atoms with Crippen molar-refractivity contribution in [2.45, 2.75) is 19.4 Å². The van der Waals surface area contributed by atoms with Crippen molar-refractivity contribution >= 4 is 10.8 Å². The Balaban J connectivity index is 1.88. The highest BCUT2D eigenvalue weighted by molar-refractivity contribution is 5.85. The maximum Gasteiger partial charge on any atom is 0.147 e. The molecule has 0 radical (unpaired) electrons. The van der Waals surface area contributed by atoms with Crippen LogP contribution in [0.15, 0.2) is 42.5 Å². The molecular weight excluding hydrogens is 252 g/mol. The van der Waals surface area contributed by atoms with Crippen LogP contribution in [0.1, 0.15) is 12.5 Å². The smallest absolute Gasteiger partial charge is 0.147 e. The van der Waals surface area contributed by atoms with Crippen LogP contribution in [0, 0.1) is 0 Å². The molecule has 1 atom stereocenters. The van der Waals surface area contributed by atoms with Gasteiger partial charge < -0.3 is 14.2 Å². The number of ether oxygens (including phenoxy) is 3. The summed E-state index contributed by atoms with van der Waals surface area (Å²) >= 11 is 0. The van der Waals surface area contributed by atoms with Crippen molar-refractivity contribution in [3.63, 3.8) is 0 Å². The maximum absolute atomic E-state index is 5.66. The van der Waals surface area contributed by atoms with Crippen molar-refractivity contribution in [3.05, 3.63) is 48.0 Å². The predicted molar refractivity (Wildman–Crippen MR) is 80.9 cm³/mol. The Morgan fingerprint density at radius 1 is 1.00 bits per heavy atom. The molecule has 0 aliphatic heterocycles. The summed E-state index contributed by atoms with van der Waals surface area (Å²) in [4.78, 5) is 0. The summed E-state index contributed by atoms with van der Waals surface area (Å²) in [5.74, 6) is 0. The second-order valence-corrected chi connectivity index (χ2v) is 4.84. The average Bonchev–Trinajstić information content (AvgIpc) is 2.47. The molecular formula is C17H22O3. The first-order valence-electron chi connectivity index (χ1n) is 6.96. The van der Waals surface area contributed by atoms with Crippen molar-refractivity contribution in [1.29, 1.82) is 0 Å². The van der Waals surface area contributed by atoms with E-state index < -0.39 is 0 Å². The normalized spacial score (nSPS) is 12.7. The van der Waals surface area contributed by atoms with Crippen LogP contribution >= 0.6 is 0 Å². The molecule has 0 aliphatic rings. The number of hydrogen-bond donors (Lipinski definition) is 0. The molecule has 2 rings (SSSR count). The topological polar surface area (TPSA) is 27.7 Å². The van der Waals surface area contributed by atoms with Gasteiger partial charge in [-0.25, -0.2) is 0 Å². The number of benzene rings is 2. The Labute approximate surface area is 120 Å². The van der Waals surface area contributed by atoms with Gasteiger partial charge in [0.1, 0.15) is 6.79 Å². The van der Waals surface area contributed by atoms with Crippen molar-refractivity contribution in [2.24, 2.45) is 0 Å². The Bertz CT molecular complexity index is 519. The number of rotatable bonds is 8. The highest BCUT2D eigenvalue weighted by Crippen LogP contribution is 2.20. The molecule has 0 N–H and O–H groups in total. The monoisotopic (exact) mass is 274 g/mol. The molecule has 3 nitrogen and oxygen atoms in total. The number of methoxy groups -OCH3 is 1. The largest absolute Gasteiger partial charge is 0.382 e. The van der Waals surface area contributed by atoms with E-state index in [0.29, 0.717) is 20.0 Å². The van der Waals surface area contributed by atoms with Crippen molar-refractivity contribution < 1.29 is 14.2 Å². The Morgan fingerprint density at radius 3 is 2.65 bits per heavy atom. The first-order valence-corrected chi connectivity index (χ1v) is 6.96. The Morgan fingerprint density at radius 2 is 1.80 bits per heavy atom. The van der Waals surface area contributed by atoms with E-state index in [2.05, 4.69) is 49.4 Å². The fraction of sp³-hybridized carbons (Fsp3) is 0.412. The van der Waals surface area contributed by atoms with Gasteiger partial charge in [-0.1, -0.05) is 42.5 Å². The standard InChI is InChI=1S/C17H22O3/c1-14(20-13-19-11-10-18-2)12-16-8-5-7-15-6-3-4-9-17(15)16/h3-9,14H,10-13H2,1-2H3. The third-order valence-corrected chi connectivity index (χ3v) is 3.25. The minimum absolute atomic E-state index is 0.128. The van der Waals surface area contributed by atoms with Crippen molar-refractivity contribution in [2.75, 3.05) is 27.1 Å². The molecule has 0 fully saturated rings. The first kappa shape index (κ1) is 15.0. The highest BCUT2D eigenvalue weighted by atomic mass is 16.7. The summed E-state index contributed by atoms with van der Waals surface area (Å²) in [6, 6.07) is 14.8. The molecule has 0 bridgehead atoms. The van der Waals surface area contributed by atoms with E-state index in [9.17, 15) is 0 Å². The molecule has 0 amide bonds. The van der Waals surface area contributed by atoms with Crippen LogP contribution in [0.5, 0.6) is 0 Å². The van der Waals surface area contributed by atoms with Gasteiger partial charge in [-0.2, -0.15) is 0 Å². The highest BCUT2D eigenvalue weighted by Gasteiger charge is 2.07. The minimum atomic E-state index is 0.128. The maximum atomic E-state index is 5.66. The van der Waals surface area contributed by atoms with Gasteiger partial charge in [0, 0.05) is 7.11 Å². The zero-order valence-electron chi connectivity index (χ0n) is 12.2. The molecule has 3 heteroatoms. The third-order valence-electron chi connectivity index (χ3n) is 3.25. The lowest BCUT2D eigenvalue weighted by Gasteiger charge is -2.14. The van der Waals surface area contributed by atoms with E-state index in [0.717, 1.165) is 6.42 Å². The Hall–Kier alpha value is -1.42. The summed E-state index contributed by atoms with van der Waals surface area (Å²) in [5, 5.41) is 2.57. The van der Waals surface area contributed by atoms with Crippen LogP contribution in [-0.4, -0.2) is 33.2 Å². The molecule has 1 unspecified atom stereocenters. The average molecular weight is 274 g/mol. The van der Waals surface area contributed by atoms with Gasteiger partial charge in [-0.05, 0) is 29.7 Å². The predicted octanol–water partition coefficient (Wildman–Crippen LogP) is 3.41. The molecule has 0 spiro atoms. The van der Waals surface area contributed by atoms with Crippen LogP contribution in [0.25, 0.3) is 10.8 Å². The van der Waals surface area contributed by atoms with Crippen LogP contribution in [-0.2, 0) is 20.6 Å². The number of fused-ring (bicyclic) bond motifs is 1. The molecule has 0 aliphatic carbocycles.